The van der Waals surface area contributed by atoms with Crippen molar-refractivity contribution in [3.05, 3.63) is 0 Å². The Hall–Kier alpha value is 0.250. The molecule has 1 nitrogen and oxygen atoms in total. The van der Waals surface area contributed by atoms with Gasteiger partial charge < -0.3 is 4.74 Å². The number of halogens is 1. The zero-order valence-corrected chi connectivity index (χ0v) is 6.74. The lowest BCUT2D eigenvalue weighted by Gasteiger charge is -2.36. The molecule has 0 aromatic heterocycles. The molecule has 9 heavy (non-hydrogen) atoms. The predicted molar refractivity (Wildman–Crippen MR) is 38.9 cm³/mol. The van der Waals surface area contributed by atoms with Gasteiger partial charge in [0.1, 0.15) is 0 Å². The van der Waals surface area contributed by atoms with Crippen LogP contribution in [0.3, 0.4) is 0 Å². The van der Waals surface area contributed by atoms with Crippen LogP contribution < -0.4 is 0 Å². The van der Waals surface area contributed by atoms with E-state index < -0.39 is 0 Å². The molecular weight excluding hydrogens is 136 g/mol. The van der Waals surface area contributed by atoms with Crippen LogP contribution in [0.1, 0.15) is 20.3 Å². The summed E-state index contributed by atoms with van der Waals surface area (Å²) in [5.74, 6) is 0.686. The first-order valence-electron chi connectivity index (χ1n) is 3.39. The van der Waals surface area contributed by atoms with Crippen LogP contribution in [-0.4, -0.2) is 18.1 Å². The van der Waals surface area contributed by atoms with E-state index in [2.05, 4.69) is 13.8 Å². The van der Waals surface area contributed by atoms with E-state index in [0.29, 0.717) is 5.92 Å². The maximum absolute atomic E-state index is 6.08. The molecule has 0 amide bonds. The maximum Gasteiger partial charge on any atom is 0.0914 e. The zero-order chi connectivity index (χ0) is 6.91. The zero-order valence-electron chi connectivity index (χ0n) is 5.98. The quantitative estimate of drug-likeness (QED) is 0.545. The minimum atomic E-state index is -0.00579. The van der Waals surface area contributed by atoms with Crippen LogP contribution in [0.4, 0.5) is 0 Å². The second-order valence-electron chi connectivity index (χ2n) is 3.24. The molecule has 0 saturated carbocycles. The third-order valence-electron chi connectivity index (χ3n) is 1.50. The number of alkyl halides is 1. The standard InChI is InChI=1S/C7H13ClO/c1-6(2)3-7(8)4-9-5-7/h6H,3-5H2,1-2H3. The summed E-state index contributed by atoms with van der Waals surface area (Å²) in [5, 5.41) is 0. The molecule has 1 saturated heterocycles. The van der Waals surface area contributed by atoms with Crippen molar-refractivity contribution in [2.75, 3.05) is 13.2 Å². The molecule has 0 N–H and O–H groups in total. The van der Waals surface area contributed by atoms with Crippen LogP contribution in [0, 0.1) is 5.92 Å². The SMILES string of the molecule is CC(C)CC1(Cl)COC1. The molecule has 0 unspecified atom stereocenters. The van der Waals surface area contributed by atoms with Gasteiger partial charge in [0, 0.05) is 0 Å². The van der Waals surface area contributed by atoms with Crippen molar-refractivity contribution in [2.45, 2.75) is 25.1 Å². The molecule has 0 atom stereocenters. The van der Waals surface area contributed by atoms with E-state index in [9.17, 15) is 0 Å². The van der Waals surface area contributed by atoms with E-state index in [1.165, 1.54) is 0 Å². The molecule has 0 aromatic rings. The number of rotatable bonds is 2. The lowest BCUT2D eigenvalue weighted by molar-refractivity contribution is -0.0214. The maximum atomic E-state index is 6.08. The molecule has 2 heteroatoms. The van der Waals surface area contributed by atoms with Gasteiger partial charge in [-0.2, -0.15) is 0 Å². The summed E-state index contributed by atoms with van der Waals surface area (Å²) < 4.78 is 5.01. The minimum absolute atomic E-state index is 0.00579. The van der Waals surface area contributed by atoms with Gasteiger partial charge in [0.25, 0.3) is 0 Å². The fourth-order valence-electron chi connectivity index (χ4n) is 1.17. The van der Waals surface area contributed by atoms with Crippen molar-refractivity contribution in [2.24, 2.45) is 5.92 Å². The summed E-state index contributed by atoms with van der Waals surface area (Å²) in [4.78, 5) is -0.00579. The van der Waals surface area contributed by atoms with E-state index in [0.717, 1.165) is 19.6 Å². The topological polar surface area (TPSA) is 9.23 Å². The van der Waals surface area contributed by atoms with Crippen LogP contribution in [0.2, 0.25) is 0 Å². The first-order valence-corrected chi connectivity index (χ1v) is 3.77. The van der Waals surface area contributed by atoms with Gasteiger partial charge in [0.2, 0.25) is 0 Å². The second kappa shape index (κ2) is 2.47. The summed E-state index contributed by atoms with van der Waals surface area (Å²) in [6.45, 7) is 5.85. The molecule has 0 aliphatic carbocycles. The first kappa shape index (κ1) is 7.36. The normalized spacial score (nSPS) is 24.0. The van der Waals surface area contributed by atoms with Gasteiger partial charge >= 0.3 is 0 Å². The Labute approximate surface area is 61.3 Å². The van der Waals surface area contributed by atoms with Gasteiger partial charge in [0.15, 0.2) is 0 Å². The van der Waals surface area contributed by atoms with Crippen LogP contribution >= 0.6 is 11.6 Å². The molecular formula is C7H13ClO. The van der Waals surface area contributed by atoms with Crippen LogP contribution in [0.5, 0.6) is 0 Å². The van der Waals surface area contributed by atoms with Gasteiger partial charge in [-0.1, -0.05) is 13.8 Å². The Morgan fingerprint density at radius 3 is 2.22 bits per heavy atom. The largest absolute Gasteiger partial charge is 0.378 e. The van der Waals surface area contributed by atoms with Gasteiger partial charge in [-0.3, -0.25) is 0 Å². The monoisotopic (exact) mass is 148 g/mol. The molecule has 1 fully saturated rings. The van der Waals surface area contributed by atoms with Crippen molar-refractivity contribution in [3.63, 3.8) is 0 Å². The van der Waals surface area contributed by atoms with Crippen molar-refractivity contribution in [1.82, 2.24) is 0 Å². The molecule has 1 aliphatic heterocycles. The van der Waals surface area contributed by atoms with E-state index in [1.54, 1.807) is 0 Å². The highest BCUT2D eigenvalue weighted by Crippen LogP contribution is 2.31. The fourth-order valence-corrected chi connectivity index (χ4v) is 1.64. The molecule has 1 aliphatic rings. The summed E-state index contributed by atoms with van der Waals surface area (Å²) in [5.41, 5.74) is 0. The van der Waals surface area contributed by atoms with Gasteiger partial charge in [-0.15, -0.1) is 11.6 Å². The first-order chi connectivity index (χ1) is 4.12. The number of hydrogen-bond donors (Lipinski definition) is 0. The summed E-state index contributed by atoms with van der Waals surface area (Å²) in [6.07, 6.45) is 1.08. The third-order valence-corrected chi connectivity index (χ3v) is 1.87. The second-order valence-corrected chi connectivity index (χ2v) is 4.04. The third kappa shape index (κ3) is 1.84. The van der Waals surface area contributed by atoms with Crippen molar-refractivity contribution in [1.29, 1.82) is 0 Å². The van der Waals surface area contributed by atoms with Crippen LogP contribution in [-0.2, 0) is 4.74 Å². The Kier molecular flexibility index (Phi) is 2.02. The molecule has 54 valence electrons. The summed E-state index contributed by atoms with van der Waals surface area (Å²) in [6, 6.07) is 0. The van der Waals surface area contributed by atoms with Crippen LogP contribution in [0.15, 0.2) is 0 Å². The van der Waals surface area contributed by atoms with Crippen molar-refractivity contribution >= 4 is 11.6 Å². The number of hydrogen-bond acceptors (Lipinski definition) is 1. The smallest absolute Gasteiger partial charge is 0.0914 e. The lowest BCUT2D eigenvalue weighted by atomic mass is 9.95. The minimum Gasteiger partial charge on any atom is -0.378 e. The molecule has 0 bridgehead atoms. The van der Waals surface area contributed by atoms with Gasteiger partial charge in [-0.25, -0.2) is 0 Å². The Balaban J connectivity index is 2.24. The predicted octanol–water partition coefficient (Wildman–Crippen LogP) is 2.04. The Morgan fingerprint density at radius 1 is 1.56 bits per heavy atom. The molecule has 0 aromatic carbocycles. The fraction of sp³-hybridized carbons (Fsp3) is 1.00. The average Bonchev–Trinajstić information content (AvgIpc) is 1.60. The van der Waals surface area contributed by atoms with Crippen molar-refractivity contribution in [3.8, 4) is 0 Å². The highest BCUT2D eigenvalue weighted by atomic mass is 35.5. The van der Waals surface area contributed by atoms with Gasteiger partial charge in [-0.05, 0) is 12.3 Å². The molecule has 0 spiro atoms. The van der Waals surface area contributed by atoms with E-state index in [1.807, 2.05) is 0 Å². The lowest BCUT2D eigenvalue weighted by Crippen LogP contribution is -2.45. The van der Waals surface area contributed by atoms with Gasteiger partial charge in [0.05, 0.1) is 18.1 Å². The highest BCUT2D eigenvalue weighted by Gasteiger charge is 2.36. The highest BCUT2D eigenvalue weighted by molar-refractivity contribution is 6.24. The van der Waals surface area contributed by atoms with E-state index >= 15 is 0 Å². The average molecular weight is 149 g/mol. The summed E-state index contributed by atoms with van der Waals surface area (Å²) in [7, 11) is 0. The van der Waals surface area contributed by atoms with Crippen LogP contribution in [0.25, 0.3) is 0 Å². The number of ether oxygens (including phenoxy) is 1. The Morgan fingerprint density at radius 2 is 2.11 bits per heavy atom. The summed E-state index contributed by atoms with van der Waals surface area (Å²) >= 11 is 6.08. The van der Waals surface area contributed by atoms with Crippen molar-refractivity contribution < 1.29 is 4.74 Å². The van der Waals surface area contributed by atoms with E-state index in [4.69, 9.17) is 16.3 Å². The Bertz CT molecular complexity index is 97.1. The molecule has 1 rings (SSSR count). The molecule has 0 radical (unpaired) electrons. The van der Waals surface area contributed by atoms with E-state index in [-0.39, 0.29) is 4.87 Å². The molecule has 1 heterocycles.